The van der Waals surface area contributed by atoms with E-state index in [2.05, 4.69) is 52.8 Å². The van der Waals surface area contributed by atoms with Gasteiger partial charge in [-0.2, -0.15) is 0 Å². The molecule has 4 nitrogen and oxygen atoms in total. The third kappa shape index (κ3) is 2.81. The van der Waals surface area contributed by atoms with E-state index in [0.29, 0.717) is 0 Å². The zero-order valence-corrected chi connectivity index (χ0v) is 13.8. The molecule has 1 atom stereocenters. The van der Waals surface area contributed by atoms with Gasteiger partial charge < -0.3 is 15.0 Å². The topological polar surface area (TPSA) is 36.9 Å². The Bertz CT molecular complexity index is 765. The predicted molar refractivity (Wildman–Crippen MR) is 97.7 cm³/mol. The highest BCUT2D eigenvalue weighted by Crippen LogP contribution is 2.34. The number of aliphatic imine (C=N–C) groups is 1. The minimum absolute atomic E-state index is 0.0294. The zero-order valence-electron chi connectivity index (χ0n) is 13.8. The molecule has 0 spiro atoms. The van der Waals surface area contributed by atoms with Gasteiger partial charge in [-0.3, -0.25) is 4.99 Å². The molecular weight excluding hydrogens is 298 g/mol. The molecule has 0 saturated carbocycles. The van der Waals surface area contributed by atoms with Crippen molar-refractivity contribution in [3.63, 3.8) is 0 Å². The van der Waals surface area contributed by atoms with Crippen LogP contribution in [0.3, 0.4) is 0 Å². The van der Waals surface area contributed by atoms with Crippen molar-refractivity contribution in [2.24, 2.45) is 4.99 Å². The number of anilines is 1. The lowest BCUT2D eigenvalue weighted by atomic mass is 10.0. The van der Waals surface area contributed by atoms with Gasteiger partial charge >= 0.3 is 0 Å². The van der Waals surface area contributed by atoms with Crippen molar-refractivity contribution in [3.8, 4) is 5.75 Å². The Hall–Kier alpha value is -2.59. The van der Waals surface area contributed by atoms with Crippen molar-refractivity contribution < 1.29 is 4.74 Å². The van der Waals surface area contributed by atoms with E-state index < -0.39 is 0 Å². The first kappa shape index (κ1) is 15.0. The van der Waals surface area contributed by atoms with E-state index >= 15 is 0 Å². The van der Waals surface area contributed by atoms with Crippen LogP contribution in [0.15, 0.2) is 71.4 Å². The Morgan fingerprint density at radius 1 is 1.08 bits per heavy atom. The molecule has 0 aliphatic carbocycles. The maximum atomic E-state index is 5.28. The van der Waals surface area contributed by atoms with Crippen LogP contribution in [0.1, 0.15) is 18.2 Å². The van der Waals surface area contributed by atoms with Gasteiger partial charge in [-0.05, 0) is 48.4 Å². The second-order valence-corrected chi connectivity index (χ2v) is 6.05. The number of methoxy groups -OCH3 is 1. The fraction of sp³-hybridized carbons (Fsp3) is 0.250. The van der Waals surface area contributed by atoms with Crippen LogP contribution in [0, 0.1) is 0 Å². The summed E-state index contributed by atoms with van der Waals surface area (Å²) in [4.78, 5) is 7.32. The lowest BCUT2D eigenvalue weighted by Gasteiger charge is -2.35. The van der Waals surface area contributed by atoms with Gasteiger partial charge in [-0.1, -0.05) is 30.3 Å². The summed E-state index contributed by atoms with van der Waals surface area (Å²) in [5, 5.41) is 3.42. The first-order valence-corrected chi connectivity index (χ1v) is 8.31. The quantitative estimate of drug-likeness (QED) is 0.940. The van der Waals surface area contributed by atoms with Gasteiger partial charge in [0, 0.05) is 18.4 Å². The minimum Gasteiger partial charge on any atom is -0.497 e. The van der Waals surface area contributed by atoms with Crippen molar-refractivity contribution in [2.45, 2.75) is 12.6 Å². The van der Waals surface area contributed by atoms with E-state index in [4.69, 9.17) is 9.73 Å². The number of hydrogen-bond donors (Lipinski definition) is 1. The predicted octanol–water partition coefficient (Wildman–Crippen LogP) is 3.53. The Morgan fingerprint density at radius 2 is 1.88 bits per heavy atom. The van der Waals surface area contributed by atoms with Crippen molar-refractivity contribution in [3.05, 3.63) is 71.9 Å². The number of nitrogens with one attached hydrogen (secondary N) is 1. The molecule has 122 valence electrons. The molecule has 1 unspecified atom stereocenters. The monoisotopic (exact) mass is 319 g/mol. The van der Waals surface area contributed by atoms with E-state index in [1.807, 2.05) is 18.2 Å². The maximum Gasteiger partial charge on any atom is 0.151 e. The van der Waals surface area contributed by atoms with Crippen LogP contribution >= 0.6 is 0 Å². The van der Waals surface area contributed by atoms with Gasteiger partial charge in [0.1, 0.15) is 5.75 Å². The number of piperidine rings is 1. The standard InChI is InChI=1S/C20H21N3O/c1-24-18-9-7-17(8-10-18)23-14-16-11-12-21-13-19(16)22-20(23)15-5-3-2-4-6-15/h2-10,14,20-21H,11-13H2,1H3. The summed E-state index contributed by atoms with van der Waals surface area (Å²) in [5.41, 5.74) is 4.83. The summed E-state index contributed by atoms with van der Waals surface area (Å²) in [5.74, 6) is 0.866. The van der Waals surface area contributed by atoms with E-state index in [1.165, 1.54) is 16.8 Å². The fourth-order valence-electron chi connectivity index (χ4n) is 3.23. The number of rotatable bonds is 3. The SMILES string of the molecule is COc1ccc(N2C=C3CCNCC3=NC2c2ccccc2)cc1. The maximum absolute atomic E-state index is 5.28. The molecule has 2 aliphatic rings. The molecule has 1 N–H and O–H groups in total. The van der Waals surface area contributed by atoms with E-state index in [9.17, 15) is 0 Å². The van der Waals surface area contributed by atoms with Crippen molar-refractivity contribution in [2.75, 3.05) is 25.1 Å². The first-order chi connectivity index (χ1) is 11.8. The molecule has 4 heteroatoms. The molecule has 2 aromatic carbocycles. The zero-order chi connectivity index (χ0) is 16.4. The summed E-state index contributed by atoms with van der Waals surface area (Å²) < 4.78 is 5.28. The van der Waals surface area contributed by atoms with Crippen LogP contribution in [0.5, 0.6) is 5.75 Å². The van der Waals surface area contributed by atoms with Gasteiger partial charge in [0.15, 0.2) is 6.17 Å². The van der Waals surface area contributed by atoms with Crippen LogP contribution in [-0.4, -0.2) is 25.9 Å². The molecule has 0 radical (unpaired) electrons. The highest BCUT2D eigenvalue weighted by atomic mass is 16.5. The van der Waals surface area contributed by atoms with Crippen molar-refractivity contribution in [1.82, 2.24) is 5.32 Å². The van der Waals surface area contributed by atoms with Crippen molar-refractivity contribution >= 4 is 11.4 Å². The van der Waals surface area contributed by atoms with Crippen LogP contribution in [0.2, 0.25) is 0 Å². The highest BCUT2D eigenvalue weighted by molar-refractivity contribution is 6.03. The Kier molecular flexibility index (Phi) is 4.05. The Labute approximate surface area is 142 Å². The molecule has 0 aromatic heterocycles. The lowest BCUT2D eigenvalue weighted by molar-refractivity contribution is 0.415. The summed E-state index contributed by atoms with van der Waals surface area (Å²) in [7, 11) is 1.69. The molecule has 1 fully saturated rings. The van der Waals surface area contributed by atoms with E-state index in [1.54, 1.807) is 7.11 Å². The Balaban J connectivity index is 1.75. The molecule has 2 heterocycles. The lowest BCUT2D eigenvalue weighted by Crippen LogP contribution is -2.38. The van der Waals surface area contributed by atoms with Crippen LogP contribution in [0.4, 0.5) is 5.69 Å². The van der Waals surface area contributed by atoms with Crippen LogP contribution < -0.4 is 15.0 Å². The number of benzene rings is 2. The van der Waals surface area contributed by atoms with Crippen LogP contribution in [-0.2, 0) is 0 Å². The van der Waals surface area contributed by atoms with Crippen LogP contribution in [0.25, 0.3) is 0 Å². The molecule has 4 rings (SSSR count). The largest absolute Gasteiger partial charge is 0.497 e. The number of fused-ring (bicyclic) bond motifs is 1. The normalized spacial score (nSPS) is 20.0. The van der Waals surface area contributed by atoms with Gasteiger partial charge in [0.2, 0.25) is 0 Å². The molecule has 0 bridgehead atoms. The van der Waals surface area contributed by atoms with Gasteiger partial charge in [0.25, 0.3) is 0 Å². The number of nitrogens with zero attached hydrogens (tertiary/aromatic N) is 2. The summed E-state index contributed by atoms with van der Waals surface area (Å²) >= 11 is 0. The number of hydrogen-bond acceptors (Lipinski definition) is 4. The molecular formula is C20H21N3O. The molecule has 1 saturated heterocycles. The second-order valence-electron chi connectivity index (χ2n) is 6.05. The molecule has 2 aliphatic heterocycles. The smallest absolute Gasteiger partial charge is 0.151 e. The van der Waals surface area contributed by atoms with Crippen molar-refractivity contribution in [1.29, 1.82) is 0 Å². The average molecular weight is 319 g/mol. The van der Waals surface area contributed by atoms with Gasteiger partial charge in [-0.25, -0.2) is 0 Å². The first-order valence-electron chi connectivity index (χ1n) is 8.31. The molecule has 24 heavy (non-hydrogen) atoms. The van der Waals surface area contributed by atoms with Gasteiger partial charge in [-0.15, -0.1) is 0 Å². The highest BCUT2D eigenvalue weighted by Gasteiger charge is 2.27. The summed E-state index contributed by atoms with van der Waals surface area (Å²) in [6, 6.07) is 18.6. The third-order valence-electron chi connectivity index (χ3n) is 4.54. The molecule has 0 amide bonds. The summed E-state index contributed by atoms with van der Waals surface area (Å²) in [6.07, 6.45) is 3.26. The minimum atomic E-state index is -0.0294. The fourth-order valence-corrected chi connectivity index (χ4v) is 3.23. The average Bonchev–Trinajstić information content (AvgIpc) is 2.68. The van der Waals surface area contributed by atoms with E-state index in [-0.39, 0.29) is 6.17 Å². The number of ether oxygens (including phenoxy) is 1. The Morgan fingerprint density at radius 3 is 2.62 bits per heavy atom. The summed E-state index contributed by atoms with van der Waals surface area (Å²) in [6.45, 7) is 1.86. The second kappa shape index (κ2) is 6.49. The third-order valence-corrected chi connectivity index (χ3v) is 4.54. The van der Waals surface area contributed by atoms with E-state index in [0.717, 1.165) is 30.9 Å². The molecule has 2 aromatic rings. The van der Waals surface area contributed by atoms with Gasteiger partial charge in [0.05, 0.1) is 12.8 Å².